The van der Waals surface area contributed by atoms with Gasteiger partial charge in [-0.25, -0.2) is 13.1 Å². The first-order chi connectivity index (χ1) is 12.3. The van der Waals surface area contributed by atoms with Gasteiger partial charge in [0.05, 0.1) is 12.0 Å². The monoisotopic (exact) mass is 377 g/mol. The van der Waals surface area contributed by atoms with Crippen molar-refractivity contribution in [2.45, 2.75) is 37.1 Å². The van der Waals surface area contributed by atoms with E-state index < -0.39 is 22.0 Å². The van der Waals surface area contributed by atoms with Crippen LogP contribution in [0.1, 0.15) is 24.0 Å². The second kappa shape index (κ2) is 8.82. The minimum Gasteiger partial charge on any atom is -0.497 e. The molecule has 1 atom stereocenters. The molecule has 6 nitrogen and oxygen atoms in total. The van der Waals surface area contributed by atoms with Crippen LogP contribution in [-0.4, -0.2) is 32.6 Å². The zero-order valence-electron chi connectivity index (χ0n) is 14.8. The minimum absolute atomic E-state index is 0.110. The summed E-state index contributed by atoms with van der Waals surface area (Å²) in [4.78, 5) is 11.1. The summed E-state index contributed by atoms with van der Waals surface area (Å²) in [5, 5.41) is 8.95. The maximum Gasteiger partial charge on any atom is 0.303 e. The van der Waals surface area contributed by atoms with E-state index in [1.807, 2.05) is 30.3 Å². The molecule has 26 heavy (non-hydrogen) atoms. The zero-order valence-corrected chi connectivity index (χ0v) is 15.6. The number of carbonyl (C=O) groups is 1. The van der Waals surface area contributed by atoms with Crippen molar-refractivity contribution >= 4 is 16.0 Å². The largest absolute Gasteiger partial charge is 0.497 e. The van der Waals surface area contributed by atoms with Crippen molar-refractivity contribution in [1.29, 1.82) is 0 Å². The van der Waals surface area contributed by atoms with Crippen LogP contribution in [0.5, 0.6) is 5.75 Å². The number of nitrogens with one attached hydrogen (secondary N) is 1. The van der Waals surface area contributed by atoms with Gasteiger partial charge in [0.25, 0.3) is 0 Å². The number of carboxylic acid groups (broad SMARTS) is 1. The summed E-state index contributed by atoms with van der Waals surface area (Å²) in [6, 6.07) is 13.6. The van der Waals surface area contributed by atoms with Crippen LogP contribution >= 0.6 is 0 Å². The highest BCUT2D eigenvalue weighted by Crippen LogP contribution is 2.22. The molecule has 2 rings (SSSR count). The van der Waals surface area contributed by atoms with Crippen molar-refractivity contribution in [2.75, 3.05) is 7.11 Å². The molecule has 0 saturated carbocycles. The van der Waals surface area contributed by atoms with Crippen molar-refractivity contribution in [3.05, 3.63) is 59.7 Å². The zero-order chi connectivity index (χ0) is 19.2. The molecule has 0 saturated heterocycles. The van der Waals surface area contributed by atoms with Gasteiger partial charge in [0.2, 0.25) is 10.0 Å². The summed E-state index contributed by atoms with van der Waals surface area (Å²) in [6.07, 6.45) is 0.517. The van der Waals surface area contributed by atoms with E-state index in [2.05, 4.69) is 4.72 Å². The lowest BCUT2D eigenvalue weighted by Crippen LogP contribution is -2.37. The molecule has 0 amide bonds. The number of benzene rings is 2. The van der Waals surface area contributed by atoms with Gasteiger partial charge in [-0.15, -0.1) is 0 Å². The number of rotatable bonds is 9. The molecule has 7 heteroatoms. The molecule has 0 aromatic heterocycles. The second-order valence-corrected chi connectivity index (χ2v) is 7.75. The molecule has 0 spiro atoms. The summed E-state index contributed by atoms with van der Waals surface area (Å²) in [7, 11) is -2.26. The number of hydrogen-bond donors (Lipinski definition) is 2. The van der Waals surface area contributed by atoms with Gasteiger partial charge in [0.1, 0.15) is 5.75 Å². The fourth-order valence-corrected chi connectivity index (χ4v) is 4.23. The van der Waals surface area contributed by atoms with Gasteiger partial charge in [0, 0.05) is 12.5 Å². The highest BCUT2D eigenvalue weighted by molar-refractivity contribution is 7.89. The van der Waals surface area contributed by atoms with Crippen LogP contribution in [-0.2, 0) is 21.2 Å². The molecule has 0 heterocycles. The summed E-state index contributed by atoms with van der Waals surface area (Å²) in [5.41, 5.74) is 1.51. The Morgan fingerprint density at radius 3 is 2.46 bits per heavy atom. The molecule has 1 unspecified atom stereocenters. The Balaban J connectivity index is 2.23. The third kappa shape index (κ3) is 5.57. The van der Waals surface area contributed by atoms with E-state index in [9.17, 15) is 13.2 Å². The molecular weight excluding hydrogens is 354 g/mol. The predicted octanol–water partition coefficient (Wildman–Crippen LogP) is 2.76. The molecule has 0 aliphatic rings. The average molecular weight is 377 g/mol. The van der Waals surface area contributed by atoms with E-state index in [4.69, 9.17) is 9.84 Å². The average Bonchev–Trinajstić information content (AvgIpc) is 2.60. The minimum atomic E-state index is -3.78. The number of aliphatic carboxylic acids is 1. The van der Waals surface area contributed by atoms with Crippen LogP contribution in [0.25, 0.3) is 0 Å². The van der Waals surface area contributed by atoms with Crippen molar-refractivity contribution < 1.29 is 23.1 Å². The first-order valence-corrected chi connectivity index (χ1v) is 9.73. The molecule has 2 N–H and O–H groups in total. The van der Waals surface area contributed by atoms with Gasteiger partial charge in [-0.3, -0.25) is 4.79 Å². The van der Waals surface area contributed by atoms with Crippen molar-refractivity contribution in [1.82, 2.24) is 4.72 Å². The quantitative estimate of drug-likeness (QED) is 0.701. The number of aryl methyl sites for hydroxylation is 1. The maximum atomic E-state index is 12.8. The Kier molecular flexibility index (Phi) is 6.76. The first-order valence-electron chi connectivity index (χ1n) is 8.24. The third-order valence-corrected chi connectivity index (χ3v) is 5.71. The van der Waals surface area contributed by atoms with Gasteiger partial charge in [-0.05, 0) is 49.1 Å². The Morgan fingerprint density at radius 1 is 1.19 bits per heavy atom. The molecule has 0 radical (unpaired) electrons. The van der Waals surface area contributed by atoms with Gasteiger partial charge >= 0.3 is 5.97 Å². The fourth-order valence-electron chi connectivity index (χ4n) is 2.73. The highest BCUT2D eigenvalue weighted by Gasteiger charge is 2.23. The van der Waals surface area contributed by atoms with E-state index in [0.717, 1.165) is 5.56 Å². The Morgan fingerprint density at radius 2 is 1.88 bits per heavy atom. The third-order valence-electron chi connectivity index (χ3n) is 4.03. The van der Waals surface area contributed by atoms with Crippen molar-refractivity contribution in [2.24, 2.45) is 0 Å². The van der Waals surface area contributed by atoms with Gasteiger partial charge in [-0.1, -0.05) is 30.3 Å². The maximum absolute atomic E-state index is 12.8. The van der Waals surface area contributed by atoms with Crippen LogP contribution in [0.4, 0.5) is 0 Å². The summed E-state index contributed by atoms with van der Waals surface area (Å²) in [6.45, 7) is 1.69. The number of methoxy groups -OCH3 is 1. The Labute approximate surface area is 153 Å². The molecular formula is C19H23NO5S. The van der Waals surface area contributed by atoms with Crippen molar-refractivity contribution in [3.8, 4) is 5.75 Å². The van der Waals surface area contributed by atoms with E-state index in [1.54, 1.807) is 19.1 Å². The molecule has 0 bridgehead atoms. The van der Waals surface area contributed by atoms with E-state index in [1.165, 1.54) is 13.2 Å². The molecule has 0 aliphatic heterocycles. The molecule has 2 aromatic carbocycles. The van der Waals surface area contributed by atoms with Crippen molar-refractivity contribution in [3.63, 3.8) is 0 Å². The van der Waals surface area contributed by atoms with Crippen LogP contribution < -0.4 is 9.46 Å². The Hall–Kier alpha value is -2.38. The lowest BCUT2D eigenvalue weighted by molar-refractivity contribution is -0.137. The standard InChI is InChI=1S/C19H23NO5S/c1-14-12-17(25-2)9-10-18(14)26(23,24)20-16(8-11-19(21)22)13-15-6-4-3-5-7-15/h3-7,9-10,12,16,20H,8,11,13H2,1-2H3,(H,21,22). The second-order valence-electron chi connectivity index (χ2n) is 6.07. The number of carboxylic acids is 1. The van der Waals surface area contributed by atoms with Gasteiger partial charge in [-0.2, -0.15) is 0 Å². The lowest BCUT2D eigenvalue weighted by atomic mass is 10.0. The first kappa shape index (κ1) is 19.9. The summed E-state index contributed by atoms with van der Waals surface area (Å²) < 4.78 is 33.4. The fraction of sp³-hybridized carbons (Fsp3) is 0.316. The highest BCUT2D eigenvalue weighted by atomic mass is 32.2. The Bertz CT molecular complexity index is 849. The summed E-state index contributed by atoms with van der Waals surface area (Å²) >= 11 is 0. The topological polar surface area (TPSA) is 92.7 Å². The van der Waals surface area contributed by atoms with E-state index in [0.29, 0.717) is 17.7 Å². The van der Waals surface area contributed by atoms with E-state index in [-0.39, 0.29) is 17.7 Å². The molecule has 2 aromatic rings. The SMILES string of the molecule is COc1ccc(S(=O)(=O)NC(CCC(=O)O)Cc2ccccc2)c(C)c1. The van der Waals surface area contributed by atoms with Crippen LogP contribution in [0, 0.1) is 6.92 Å². The van der Waals surface area contributed by atoms with Crippen LogP contribution in [0.3, 0.4) is 0 Å². The van der Waals surface area contributed by atoms with Crippen LogP contribution in [0.15, 0.2) is 53.4 Å². The van der Waals surface area contributed by atoms with E-state index >= 15 is 0 Å². The van der Waals surface area contributed by atoms with Gasteiger partial charge < -0.3 is 9.84 Å². The van der Waals surface area contributed by atoms with Crippen LogP contribution in [0.2, 0.25) is 0 Å². The number of sulfonamides is 1. The normalized spacial score (nSPS) is 12.5. The van der Waals surface area contributed by atoms with Gasteiger partial charge in [0.15, 0.2) is 0 Å². The molecule has 140 valence electrons. The molecule has 0 fully saturated rings. The number of ether oxygens (including phenoxy) is 1. The summed E-state index contributed by atoms with van der Waals surface area (Å²) in [5.74, 6) is -0.379. The molecule has 0 aliphatic carbocycles. The lowest BCUT2D eigenvalue weighted by Gasteiger charge is -2.19. The smallest absolute Gasteiger partial charge is 0.303 e. The number of hydrogen-bond acceptors (Lipinski definition) is 4. The predicted molar refractivity (Wildman–Crippen MR) is 98.9 cm³/mol.